The number of nitrogens with zero attached hydrogens (tertiary/aromatic N) is 2. The maximum atomic E-state index is 13.2. The third-order valence-electron chi connectivity index (χ3n) is 4.81. The van der Waals surface area contributed by atoms with Crippen LogP contribution in [-0.2, 0) is 6.42 Å². The summed E-state index contributed by atoms with van der Waals surface area (Å²) in [5, 5.41) is 19.5. The van der Waals surface area contributed by atoms with Gasteiger partial charge < -0.3 is 15.9 Å². The van der Waals surface area contributed by atoms with E-state index in [0.29, 0.717) is 22.5 Å². The number of phenols is 1. The number of rotatable bonds is 0. The van der Waals surface area contributed by atoms with E-state index in [4.69, 9.17) is 5.73 Å². The minimum absolute atomic E-state index is 0.00810. The van der Waals surface area contributed by atoms with Gasteiger partial charge in [0.05, 0.1) is 6.10 Å². The van der Waals surface area contributed by atoms with Gasteiger partial charge in [-0.1, -0.05) is 12.1 Å². The van der Waals surface area contributed by atoms with Crippen molar-refractivity contribution in [3.8, 4) is 5.75 Å². The third-order valence-corrected chi connectivity index (χ3v) is 4.81. The molecule has 2 aromatic carbocycles. The zero-order valence-electron chi connectivity index (χ0n) is 15.4. The number of halogens is 4. The largest absolute Gasteiger partial charge is 0.508 e. The Balaban J connectivity index is 0.000000169. The van der Waals surface area contributed by atoms with E-state index in [2.05, 4.69) is 9.97 Å². The van der Waals surface area contributed by atoms with Gasteiger partial charge in [0.15, 0.2) is 0 Å². The smallest absolute Gasteiger partial charge is 0.398 e. The second kappa shape index (κ2) is 7.82. The van der Waals surface area contributed by atoms with Crippen LogP contribution in [0.25, 0.3) is 10.9 Å². The number of aromatic hydroxyl groups is 1. The lowest BCUT2D eigenvalue weighted by atomic mass is 9.80. The van der Waals surface area contributed by atoms with Gasteiger partial charge in [-0.15, -0.1) is 0 Å². The predicted molar refractivity (Wildman–Crippen MR) is 99.9 cm³/mol. The molecule has 2 unspecified atom stereocenters. The number of alkyl halides is 3. The van der Waals surface area contributed by atoms with Crippen LogP contribution in [0.2, 0.25) is 0 Å². The second-order valence-electron chi connectivity index (χ2n) is 6.79. The minimum atomic E-state index is -4.48. The Morgan fingerprint density at radius 1 is 1.17 bits per heavy atom. The summed E-state index contributed by atoms with van der Waals surface area (Å²) in [6.07, 6.45) is -4.07. The van der Waals surface area contributed by atoms with Crippen LogP contribution in [0.3, 0.4) is 0 Å². The first kappa shape index (κ1) is 20.8. The molecule has 1 aliphatic rings. The first-order valence-corrected chi connectivity index (χ1v) is 8.82. The molecule has 4 N–H and O–H groups in total. The molecular formula is C20H19F4N3O2. The number of aliphatic hydroxyl groups is 1. The number of nitrogen functional groups attached to an aromatic ring is 1. The van der Waals surface area contributed by atoms with Crippen LogP contribution in [0.15, 0.2) is 36.5 Å². The molecule has 0 fully saturated rings. The molecule has 1 heterocycles. The third kappa shape index (κ3) is 4.24. The molecule has 154 valence electrons. The monoisotopic (exact) mass is 409 g/mol. The van der Waals surface area contributed by atoms with Crippen molar-refractivity contribution in [2.75, 3.05) is 5.73 Å². The van der Waals surface area contributed by atoms with Gasteiger partial charge >= 0.3 is 6.18 Å². The zero-order valence-corrected chi connectivity index (χ0v) is 15.4. The summed E-state index contributed by atoms with van der Waals surface area (Å²) in [6.45, 7) is 1.71. The lowest BCUT2D eigenvalue weighted by Crippen LogP contribution is -2.35. The Labute approximate surface area is 163 Å². The topological polar surface area (TPSA) is 92.3 Å². The van der Waals surface area contributed by atoms with Crippen LogP contribution < -0.4 is 5.73 Å². The average molecular weight is 409 g/mol. The van der Waals surface area contributed by atoms with Crippen molar-refractivity contribution >= 4 is 16.6 Å². The molecule has 29 heavy (non-hydrogen) atoms. The summed E-state index contributed by atoms with van der Waals surface area (Å²) in [5.74, 6) is -1.84. The molecule has 0 spiro atoms. The van der Waals surface area contributed by atoms with Gasteiger partial charge in [0.1, 0.15) is 28.8 Å². The van der Waals surface area contributed by atoms with Gasteiger partial charge in [0, 0.05) is 17.3 Å². The lowest BCUT2D eigenvalue weighted by Gasteiger charge is -2.32. The van der Waals surface area contributed by atoms with E-state index in [1.165, 1.54) is 36.5 Å². The molecule has 0 aliphatic heterocycles. The van der Waals surface area contributed by atoms with E-state index < -0.39 is 18.2 Å². The molecule has 0 radical (unpaired) electrons. The van der Waals surface area contributed by atoms with E-state index in [9.17, 15) is 27.8 Å². The van der Waals surface area contributed by atoms with E-state index in [-0.39, 0.29) is 35.5 Å². The summed E-state index contributed by atoms with van der Waals surface area (Å²) in [6, 6.07) is 6.87. The summed E-state index contributed by atoms with van der Waals surface area (Å²) in [7, 11) is 0. The maximum Gasteiger partial charge on any atom is 0.398 e. The van der Waals surface area contributed by atoms with Gasteiger partial charge in [-0.25, -0.2) is 14.4 Å². The number of aliphatic hydroxyl groups excluding tert-OH is 1. The Hall–Kier alpha value is -2.94. The molecule has 0 saturated carbocycles. The van der Waals surface area contributed by atoms with Crippen molar-refractivity contribution in [3.05, 3.63) is 59.3 Å². The first-order chi connectivity index (χ1) is 13.6. The number of aryl methyl sites for hydroxylation is 1. The minimum Gasteiger partial charge on any atom is -0.508 e. The Morgan fingerprint density at radius 2 is 1.90 bits per heavy atom. The fraction of sp³-hybridized carbons (Fsp3) is 0.300. The number of hydrogen-bond acceptors (Lipinski definition) is 5. The van der Waals surface area contributed by atoms with Crippen LogP contribution in [-0.4, -0.2) is 32.5 Å². The van der Waals surface area contributed by atoms with Crippen LogP contribution in [0, 0.1) is 12.7 Å². The standard InChI is InChI=1S/C11H11F3O2.C9H8FN3/c12-11(13,14)10-7-2-1-3-8(15)6(7)4-5-9(10)16;1-5-12-4-6-8(11)3-2-7(10)9(6)13-5/h1-3,9-10,15-16H,4-5H2;2-4H,11H2,1H3. The van der Waals surface area contributed by atoms with Crippen molar-refractivity contribution in [2.45, 2.75) is 38.0 Å². The van der Waals surface area contributed by atoms with E-state index in [1.54, 1.807) is 6.92 Å². The molecule has 1 aliphatic carbocycles. The Morgan fingerprint density at radius 3 is 2.59 bits per heavy atom. The van der Waals surface area contributed by atoms with Crippen molar-refractivity contribution in [2.24, 2.45) is 0 Å². The summed E-state index contributed by atoms with van der Waals surface area (Å²) in [5.41, 5.74) is 6.70. The number of aromatic nitrogens is 2. The highest BCUT2D eigenvalue weighted by atomic mass is 19.4. The van der Waals surface area contributed by atoms with Gasteiger partial charge in [0.25, 0.3) is 0 Å². The van der Waals surface area contributed by atoms with Gasteiger partial charge in [-0.3, -0.25) is 0 Å². The fourth-order valence-corrected chi connectivity index (χ4v) is 3.41. The summed E-state index contributed by atoms with van der Waals surface area (Å²) < 4.78 is 51.5. The van der Waals surface area contributed by atoms with Crippen molar-refractivity contribution in [3.63, 3.8) is 0 Å². The molecule has 0 bridgehead atoms. The molecule has 2 atom stereocenters. The Kier molecular flexibility index (Phi) is 5.61. The van der Waals surface area contributed by atoms with Gasteiger partial charge in [-0.05, 0) is 49.1 Å². The normalized spacial score (nSPS) is 18.7. The molecule has 4 rings (SSSR count). The lowest BCUT2D eigenvalue weighted by molar-refractivity contribution is -0.174. The zero-order chi connectivity index (χ0) is 21.3. The molecule has 9 heteroatoms. The molecule has 3 aromatic rings. The number of fused-ring (bicyclic) bond motifs is 2. The molecule has 0 amide bonds. The number of phenolic OH excluding ortho intramolecular Hbond substituents is 1. The van der Waals surface area contributed by atoms with Crippen molar-refractivity contribution in [1.82, 2.24) is 9.97 Å². The van der Waals surface area contributed by atoms with Crippen LogP contribution in [0.1, 0.15) is 29.3 Å². The molecule has 5 nitrogen and oxygen atoms in total. The first-order valence-electron chi connectivity index (χ1n) is 8.82. The summed E-state index contributed by atoms with van der Waals surface area (Å²) >= 11 is 0. The highest BCUT2D eigenvalue weighted by molar-refractivity contribution is 5.89. The van der Waals surface area contributed by atoms with Crippen LogP contribution in [0.4, 0.5) is 23.2 Å². The molecular weight excluding hydrogens is 390 g/mol. The summed E-state index contributed by atoms with van der Waals surface area (Å²) in [4.78, 5) is 7.92. The average Bonchev–Trinajstić information content (AvgIpc) is 2.64. The number of benzene rings is 2. The van der Waals surface area contributed by atoms with Gasteiger partial charge in [0.2, 0.25) is 0 Å². The fourth-order valence-electron chi connectivity index (χ4n) is 3.41. The highest BCUT2D eigenvalue weighted by Crippen LogP contribution is 2.45. The number of hydrogen-bond donors (Lipinski definition) is 3. The Bertz CT molecular complexity index is 1040. The highest BCUT2D eigenvalue weighted by Gasteiger charge is 2.48. The van der Waals surface area contributed by atoms with Crippen LogP contribution in [0.5, 0.6) is 5.75 Å². The maximum absolute atomic E-state index is 13.2. The van der Waals surface area contributed by atoms with E-state index in [1.807, 2.05) is 0 Å². The SMILES string of the molecule is Cc1ncc2c(N)ccc(F)c2n1.Oc1cccc2c1CCC(O)C2C(F)(F)F. The van der Waals surface area contributed by atoms with Gasteiger partial charge in [-0.2, -0.15) is 13.2 Å². The quantitative estimate of drug-likeness (QED) is 0.386. The van der Waals surface area contributed by atoms with Crippen LogP contribution >= 0.6 is 0 Å². The van der Waals surface area contributed by atoms with Crippen molar-refractivity contribution in [1.29, 1.82) is 0 Å². The molecule has 0 saturated heterocycles. The van der Waals surface area contributed by atoms with E-state index in [0.717, 1.165) is 0 Å². The number of nitrogens with two attached hydrogens (primary N) is 1. The second-order valence-corrected chi connectivity index (χ2v) is 6.79. The number of anilines is 1. The van der Waals surface area contributed by atoms with Crippen molar-refractivity contribution < 1.29 is 27.8 Å². The predicted octanol–water partition coefficient (Wildman–Crippen LogP) is 4.00. The molecule has 1 aromatic heterocycles. The van der Waals surface area contributed by atoms with E-state index >= 15 is 0 Å².